The predicted molar refractivity (Wildman–Crippen MR) is 169 cm³/mol. The van der Waals surface area contributed by atoms with Crippen molar-refractivity contribution < 1.29 is 44.9 Å². The van der Waals surface area contributed by atoms with E-state index in [2.05, 4.69) is 10.3 Å². The lowest BCUT2D eigenvalue weighted by Gasteiger charge is -2.37. The highest BCUT2D eigenvalue weighted by atomic mass is 32.2. The third kappa shape index (κ3) is 6.91. The maximum atomic E-state index is 15.6. The highest BCUT2D eigenvalue weighted by molar-refractivity contribution is 7.86. The van der Waals surface area contributed by atoms with Crippen molar-refractivity contribution in [3.05, 3.63) is 102 Å². The molecule has 49 heavy (non-hydrogen) atoms. The summed E-state index contributed by atoms with van der Waals surface area (Å²) in [5.74, 6) is -5.26. The molecule has 16 heteroatoms. The molecular weight excluding hydrogens is 667 g/mol. The summed E-state index contributed by atoms with van der Waals surface area (Å²) >= 11 is 0. The molecule has 0 spiro atoms. The molecule has 1 aromatic heterocycles. The third-order valence-corrected chi connectivity index (χ3v) is 9.44. The molecule has 6 rings (SSSR count). The molecule has 1 aliphatic carbocycles. The Hall–Kier alpha value is -5.48. The zero-order valence-electron chi connectivity index (χ0n) is 25.7. The Balaban J connectivity index is 1.13. The molecule has 2 aliphatic rings. The number of hydrogen-bond donors (Lipinski definition) is 2. The van der Waals surface area contributed by atoms with E-state index in [1.807, 2.05) is 6.92 Å². The number of nitrogens with two attached hydrogens (primary N) is 1. The van der Waals surface area contributed by atoms with Gasteiger partial charge in [-0.25, -0.2) is 22.9 Å². The second kappa shape index (κ2) is 12.9. The molecule has 3 N–H and O–H groups in total. The monoisotopic (exact) mass is 695 g/mol. The highest BCUT2D eigenvalue weighted by Gasteiger charge is 2.57. The van der Waals surface area contributed by atoms with Gasteiger partial charge >= 0.3 is 6.03 Å². The van der Waals surface area contributed by atoms with Crippen LogP contribution in [0.3, 0.4) is 0 Å². The molecule has 0 atom stereocenters. The number of likely N-dealkylation sites (tertiary alicyclic amines) is 1. The summed E-state index contributed by atoms with van der Waals surface area (Å²) in [6, 6.07) is 13.9. The summed E-state index contributed by atoms with van der Waals surface area (Å²) in [6.45, 7) is 1.80. The second-order valence-corrected chi connectivity index (χ2v) is 13.2. The highest BCUT2D eigenvalue weighted by Crippen LogP contribution is 2.49. The number of amides is 4. The molecule has 0 bridgehead atoms. The molecule has 1 saturated heterocycles. The number of carbonyl (C=O) groups excluding carboxylic acids is 3. The molecule has 4 amide bonds. The zero-order chi connectivity index (χ0) is 35.1. The van der Waals surface area contributed by atoms with Gasteiger partial charge in [0.15, 0.2) is 17.4 Å². The van der Waals surface area contributed by atoms with Crippen molar-refractivity contribution in [1.82, 2.24) is 9.88 Å². The van der Waals surface area contributed by atoms with Gasteiger partial charge in [0.1, 0.15) is 28.9 Å². The Morgan fingerprint density at radius 3 is 2.27 bits per heavy atom. The lowest BCUT2D eigenvalue weighted by atomic mass is 10.0. The minimum absolute atomic E-state index is 0.00130. The van der Waals surface area contributed by atoms with Gasteiger partial charge in [0.2, 0.25) is 11.8 Å². The van der Waals surface area contributed by atoms with E-state index in [0.717, 1.165) is 22.6 Å². The van der Waals surface area contributed by atoms with E-state index in [1.54, 1.807) is 12.1 Å². The fraction of sp³-hybridized carbons (Fsp3) is 0.212. The number of aromatic nitrogens is 1. The minimum atomic E-state index is -4.02. The van der Waals surface area contributed by atoms with Gasteiger partial charge in [-0.15, -0.1) is 0 Å². The molecular formula is C33H28F3N5O7S. The van der Waals surface area contributed by atoms with E-state index in [0.29, 0.717) is 12.1 Å². The lowest BCUT2D eigenvalue weighted by Crippen LogP contribution is -2.56. The molecule has 3 aromatic carbocycles. The number of ether oxygens (including phenoxy) is 1. The van der Waals surface area contributed by atoms with Crippen molar-refractivity contribution in [3.63, 3.8) is 0 Å². The van der Waals surface area contributed by atoms with Gasteiger partial charge in [-0.1, -0.05) is 17.7 Å². The number of halogens is 3. The molecule has 0 radical (unpaired) electrons. The van der Waals surface area contributed by atoms with Gasteiger partial charge in [-0.3, -0.25) is 24.0 Å². The molecule has 254 valence electrons. The molecule has 12 nitrogen and oxygen atoms in total. The van der Waals surface area contributed by atoms with Gasteiger partial charge in [-0.05, 0) is 62.2 Å². The van der Waals surface area contributed by atoms with Crippen LogP contribution < -0.4 is 20.7 Å². The molecule has 0 unspecified atom stereocenters. The van der Waals surface area contributed by atoms with Crippen LogP contribution in [-0.4, -0.2) is 55.3 Å². The first-order valence-corrected chi connectivity index (χ1v) is 16.3. The Bertz CT molecular complexity index is 2050. The standard InChI is InChI=1S/C33H28F3N5O7S/c1-19-2-8-24(9-3-19)49(45,46)48-23-17-40(18-23)32(44)39-29-14-22(10-13-38-29)47-28-16-25(35)27(15-26(28)36)41(21-6-4-20(34)5-7-21)31(43)33(11-12-33)30(37)42/h2-10,13-16,23H,11-12,17-18H2,1H3,(H2,37,42)(H,38,39,44). The minimum Gasteiger partial charge on any atom is -0.454 e. The van der Waals surface area contributed by atoms with E-state index < -0.39 is 68.4 Å². The normalized spacial score (nSPS) is 15.2. The maximum Gasteiger partial charge on any atom is 0.323 e. The SMILES string of the molecule is Cc1ccc(S(=O)(=O)OC2CN(C(=O)Nc3cc(Oc4cc(F)c(N(C(=O)C5(C(N)=O)CC5)c5ccc(F)cc5)cc4F)ccn3)C2)cc1. The molecule has 4 aromatic rings. The third-order valence-electron chi connectivity index (χ3n) is 8.06. The lowest BCUT2D eigenvalue weighted by molar-refractivity contribution is -0.133. The Morgan fingerprint density at radius 1 is 0.959 bits per heavy atom. The Kier molecular flexibility index (Phi) is 8.77. The number of benzene rings is 3. The topological polar surface area (TPSA) is 161 Å². The van der Waals surface area contributed by atoms with E-state index in [1.165, 1.54) is 47.5 Å². The van der Waals surface area contributed by atoms with Crippen LogP contribution in [-0.2, 0) is 23.9 Å². The van der Waals surface area contributed by atoms with E-state index in [-0.39, 0.29) is 48.1 Å². The summed E-state index contributed by atoms with van der Waals surface area (Å²) in [7, 11) is -4.02. The van der Waals surface area contributed by atoms with Gasteiger partial charge < -0.3 is 15.4 Å². The molecule has 2 fully saturated rings. The fourth-order valence-corrected chi connectivity index (χ4v) is 6.15. The maximum absolute atomic E-state index is 15.6. The number of hydrogen-bond acceptors (Lipinski definition) is 8. The number of nitrogens with zero attached hydrogens (tertiary/aromatic N) is 3. The summed E-state index contributed by atoms with van der Waals surface area (Å²) in [5, 5.41) is 2.52. The van der Waals surface area contributed by atoms with Crippen LogP contribution in [0.4, 0.5) is 35.2 Å². The van der Waals surface area contributed by atoms with E-state index in [4.69, 9.17) is 14.7 Å². The first-order chi connectivity index (χ1) is 23.3. The number of urea groups is 1. The van der Waals surface area contributed by atoms with Gasteiger partial charge in [-0.2, -0.15) is 8.42 Å². The Morgan fingerprint density at radius 2 is 1.63 bits per heavy atom. The first kappa shape index (κ1) is 33.4. The van der Waals surface area contributed by atoms with Crippen molar-refractivity contribution in [2.45, 2.75) is 30.8 Å². The molecule has 1 aliphatic heterocycles. The number of rotatable bonds is 10. The zero-order valence-corrected chi connectivity index (χ0v) is 26.5. The summed E-state index contributed by atoms with van der Waals surface area (Å²) < 4.78 is 80.4. The van der Waals surface area contributed by atoms with Crippen LogP contribution in [0.25, 0.3) is 0 Å². The summed E-state index contributed by atoms with van der Waals surface area (Å²) in [6.07, 6.45) is 0.734. The molecule has 1 saturated carbocycles. The van der Waals surface area contributed by atoms with Crippen LogP contribution in [0.5, 0.6) is 11.5 Å². The second-order valence-electron chi connectivity index (χ2n) is 11.6. The first-order valence-electron chi connectivity index (χ1n) is 14.8. The number of nitrogens with one attached hydrogen (secondary N) is 1. The van der Waals surface area contributed by atoms with Gasteiger partial charge in [0.05, 0.1) is 23.7 Å². The van der Waals surface area contributed by atoms with Crippen molar-refractivity contribution in [3.8, 4) is 11.5 Å². The fourth-order valence-electron chi connectivity index (χ4n) is 5.09. The smallest absolute Gasteiger partial charge is 0.323 e. The number of primary amides is 1. The average molecular weight is 696 g/mol. The van der Waals surface area contributed by atoms with Crippen molar-refractivity contribution in [1.29, 1.82) is 0 Å². The predicted octanol–water partition coefficient (Wildman–Crippen LogP) is 5.15. The van der Waals surface area contributed by atoms with Gasteiger partial charge in [0.25, 0.3) is 10.1 Å². The van der Waals surface area contributed by atoms with Crippen LogP contribution >= 0.6 is 0 Å². The molecule has 2 heterocycles. The van der Waals surface area contributed by atoms with Crippen LogP contribution in [0.2, 0.25) is 0 Å². The van der Waals surface area contributed by atoms with Crippen molar-refractivity contribution in [2.75, 3.05) is 23.3 Å². The van der Waals surface area contributed by atoms with Crippen LogP contribution in [0.15, 0.2) is 83.9 Å². The Labute approximate surface area is 278 Å². The number of pyridine rings is 1. The average Bonchev–Trinajstić information content (AvgIpc) is 3.85. The quantitative estimate of drug-likeness (QED) is 0.170. The summed E-state index contributed by atoms with van der Waals surface area (Å²) in [4.78, 5) is 44.4. The van der Waals surface area contributed by atoms with Crippen LogP contribution in [0, 0.1) is 29.8 Å². The summed E-state index contributed by atoms with van der Waals surface area (Å²) in [5.41, 5.74) is 4.16. The van der Waals surface area contributed by atoms with E-state index in [9.17, 15) is 27.2 Å². The largest absolute Gasteiger partial charge is 0.454 e. The number of carbonyl (C=O) groups is 3. The van der Waals surface area contributed by atoms with E-state index >= 15 is 8.78 Å². The van der Waals surface area contributed by atoms with Gasteiger partial charge in [0, 0.05) is 30.1 Å². The van der Waals surface area contributed by atoms with Crippen molar-refractivity contribution in [2.24, 2.45) is 11.1 Å². The number of anilines is 3. The number of aryl methyl sites for hydroxylation is 1. The van der Waals surface area contributed by atoms with Crippen LogP contribution in [0.1, 0.15) is 18.4 Å². The van der Waals surface area contributed by atoms with Crippen molar-refractivity contribution >= 4 is 45.2 Å².